The molecule has 0 unspecified atom stereocenters. The van der Waals surface area contributed by atoms with Crippen LogP contribution in [0, 0.1) is 23.4 Å². The Kier molecular flexibility index (Phi) is 6.43. The van der Waals surface area contributed by atoms with Crippen molar-refractivity contribution in [3.05, 3.63) is 70.5 Å². The van der Waals surface area contributed by atoms with Crippen LogP contribution in [0.4, 0.5) is 13.2 Å². The number of hydrogen-bond acceptors (Lipinski definition) is 2. The van der Waals surface area contributed by atoms with Gasteiger partial charge in [-0.05, 0) is 60.8 Å². The molecule has 0 spiro atoms. The van der Waals surface area contributed by atoms with E-state index >= 15 is 0 Å². The lowest BCUT2D eigenvalue weighted by atomic mass is 9.78. The number of nitrogens with zero attached hydrogens (tertiary/aromatic N) is 2. The predicted molar refractivity (Wildman–Crippen MR) is 103 cm³/mol. The summed E-state index contributed by atoms with van der Waals surface area (Å²) in [6.45, 7) is 2.27. The highest BCUT2D eigenvalue weighted by molar-refractivity contribution is 5.82. The van der Waals surface area contributed by atoms with Crippen molar-refractivity contribution in [3.63, 3.8) is 0 Å². The Morgan fingerprint density at radius 2 is 1.41 bits per heavy atom. The second-order valence-electron chi connectivity index (χ2n) is 7.08. The van der Waals surface area contributed by atoms with Crippen molar-refractivity contribution in [3.8, 4) is 0 Å². The molecule has 0 atom stereocenters. The molecule has 1 saturated carbocycles. The van der Waals surface area contributed by atoms with Crippen LogP contribution in [0.2, 0.25) is 0 Å². The Morgan fingerprint density at radius 1 is 0.852 bits per heavy atom. The molecule has 0 N–H and O–H groups in total. The molecule has 0 aromatic heterocycles. The summed E-state index contributed by atoms with van der Waals surface area (Å²) >= 11 is 0. The lowest BCUT2D eigenvalue weighted by molar-refractivity contribution is 0.319. The van der Waals surface area contributed by atoms with Gasteiger partial charge in [0.2, 0.25) is 0 Å². The van der Waals surface area contributed by atoms with Crippen molar-refractivity contribution >= 4 is 12.4 Å². The molecule has 1 aliphatic carbocycles. The number of halogens is 3. The van der Waals surface area contributed by atoms with Crippen molar-refractivity contribution in [2.75, 3.05) is 0 Å². The number of benzene rings is 2. The third kappa shape index (κ3) is 5.06. The fourth-order valence-electron chi connectivity index (χ4n) is 3.61. The standard InChI is InChI=1S/C22H23F3N2/c1-2-15-3-7-18(8-4-15)19-9-5-16(6-10-19)13-26-27-14-17-11-20(23)22(25)21(24)12-17/h5-6,9-15,18H,2-4,7-8H2,1H3. The van der Waals surface area contributed by atoms with Crippen LogP contribution in [0.3, 0.4) is 0 Å². The Balaban J connectivity index is 1.58. The van der Waals surface area contributed by atoms with E-state index in [2.05, 4.69) is 29.3 Å². The Morgan fingerprint density at radius 3 is 1.96 bits per heavy atom. The lowest BCUT2D eigenvalue weighted by Crippen LogP contribution is -2.12. The largest absolute Gasteiger partial charge is 0.204 e. The quantitative estimate of drug-likeness (QED) is 0.337. The molecular weight excluding hydrogens is 349 g/mol. The molecule has 2 nitrogen and oxygen atoms in total. The van der Waals surface area contributed by atoms with E-state index < -0.39 is 17.5 Å². The first kappa shape index (κ1) is 19.3. The molecule has 0 radical (unpaired) electrons. The van der Waals surface area contributed by atoms with Crippen molar-refractivity contribution in [2.24, 2.45) is 16.1 Å². The topological polar surface area (TPSA) is 24.7 Å². The summed E-state index contributed by atoms with van der Waals surface area (Å²) in [6.07, 6.45) is 9.16. The van der Waals surface area contributed by atoms with Gasteiger partial charge in [-0.2, -0.15) is 10.2 Å². The van der Waals surface area contributed by atoms with Gasteiger partial charge in [0.1, 0.15) is 0 Å². The van der Waals surface area contributed by atoms with Gasteiger partial charge in [-0.15, -0.1) is 0 Å². The second-order valence-corrected chi connectivity index (χ2v) is 7.08. The summed E-state index contributed by atoms with van der Waals surface area (Å²) in [6, 6.07) is 10.0. The minimum Gasteiger partial charge on any atom is -0.204 e. The molecule has 5 heteroatoms. The Hall–Kier alpha value is -2.43. The van der Waals surface area contributed by atoms with Crippen LogP contribution in [-0.2, 0) is 0 Å². The lowest BCUT2D eigenvalue weighted by Gasteiger charge is -2.28. The summed E-state index contributed by atoms with van der Waals surface area (Å²) in [5.41, 5.74) is 2.37. The SMILES string of the molecule is CCC1CCC(c2ccc(C=NN=Cc3cc(F)c(F)c(F)c3)cc2)CC1. The first-order valence-corrected chi connectivity index (χ1v) is 9.37. The molecule has 1 aliphatic rings. The van der Waals surface area contributed by atoms with E-state index in [9.17, 15) is 13.2 Å². The van der Waals surface area contributed by atoms with Crippen LogP contribution in [0.25, 0.3) is 0 Å². The van der Waals surface area contributed by atoms with Crippen molar-refractivity contribution in [1.82, 2.24) is 0 Å². The van der Waals surface area contributed by atoms with Gasteiger partial charge in [-0.25, -0.2) is 13.2 Å². The van der Waals surface area contributed by atoms with Crippen molar-refractivity contribution in [2.45, 2.75) is 44.9 Å². The van der Waals surface area contributed by atoms with Gasteiger partial charge in [0, 0.05) is 5.56 Å². The first-order valence-electron chi connectivity index (χ1n) is 9.37. The smallest absolute Gasteiger partial charge is 0.194 e. The third-order valence-corrected chi connectivity index (χ3v) is 5.32. The fraction of sp³-hybridized carbons (Fsp3) is 0.364. The molecule has 0 amide bonds. The monoisotopic (exact) mass is 372 g/mol. The van der Waals surface area contributed by atoms with Gasteiger partial charge in [0.15, 0.2) is 17.5 Å². The second kappa shape index (κ2) is 8.98. The zero-order chi connectivity index (χ0) is 19.2. The summed E-state index contributed by atoms with van der Waals surface area (Å²) in [5.74, 6) is -2.46. The maximum Gasteiger partial charge on any atom is 0.194 e. The minimum atomic E-state index is -1.49. The summed E-state index contributed by atoms with van der Waals surface area (Å²) in [5, 5.41) is 7.66. The first-order chi connectivity index (χ1) is 13.1. The highest BCUT2D eigenvalue weighted by Crippen LogP contribution is 2.36. The zero-order valence-corrected chi connectivity index (χ0v) is 15.3. The molecule has 2 aromatic carbocycles. The van der Waals surface area contributed by atoms with E-state index in [4.69, 9.17) is 0 Å². The van der Waals surface area contributed by atoms with Crippen LogP contribution >= 0.6 is 0 Å². The molecule has 0 saturated heterocycles. The predicted octanol–water partition coefficient (Wildman–Crippen LogP) is 6.24. The van der Waals surface area contributed by atoms with E-state index in [1.54, 1.807) is 6.21 Å². The Labute approximate surface area is 157 Å². The molecule has 2 aromatic rings. The van der Waals surface area contributed by atoms with E-state index in [0.717, 1.165) is 23.6 Å². The Bertz CT molecular complexity index is 797. The van der Waals surface area contributed by atoms with Crippen LogP contribution < -0.4 is 0 Å². The molecule has 142 valence electrons. The van der Waals surface area contributed by atoms with Gasteiger partial charge >= 0.3 is 0 Å². The van der Waals surface area contributed by atoms with Gasteiger partial charge in [-0.1, -0.05) is 37.6 Å². The molecule has 3 rings (SSSR count). The molecule has 27 heavy (non-hydrogen) atoms. The van der Waals surface area contributed by atoms with Gasteiger partial charge in [0.05, 0.1) is 12.4 Å². The van der Waals surface area contributed by atoms with Crippen molar-refractivity contribution < 1.29 is 13.2 Å². The average Bonchev–Trinajstić information content (AvgIpc) is 2.70. The van der Waals surface area contributed by atoms with Crippen LogP contribution in [0.5, 0.6) is 0 Å². The number of rotatable bonds is 5. The van der Waals surface area contributed by atoms with E-state index in [1.165, 1.54) is 43.9 Å². The van der Waals surface area contributed by atoms with Crippen molar-refractivity contribution in [1.29, 1.82) is 0 Å². The summed E-state index contributed by atoms with van der Waals surface area (Å²) in [4.78, 5) is 0. The van der Waals surface area contributed by atoms with Crippen LogP contribution in [0.1, 0.15) is 61.6 Å². The number of hydrogen-bond donors (Lipinski definition) is 0. The van der Waals surface area contributed by atoms with E-state index in [0.29, 0.717) is 5.92 Å². The summed E-state index contributed by atoms with van der Waals surface area (Å²) in [7, 11) is 0. The van der Waals surface area contributed by atoms with Gasteiger partial charge < -0.3 is 0 Å². The van der Waals surface area contributed by atoms with E-state index in [-0.39, 0.29) is 5.56 Å². The molecule has 0 aliphatic heterocycles. The molecule has 0 heterocycles. The maximum atomic E-state index is 13.1. The van der Waals surface area contributed by atoms with Crippen LogP contribution in [0.15, 0.2) is 46.6 Å². The fourth-order valence-corrected chi connectivity index (χ4v) is 3.61. The molecule has 0 bridgehead atoms. The molecular formula is C22H23F3N2. The van der Waals surface area contributed by atoms with Crippen LogP contribution in [-0.4, -0.2) is 12.4 Å². The zero-order valence-electron chi connectivity index (χ0n) is 15.3. The van der Waals surface area contributed by atoms with Gasteiger partial charge in [0.25, 0.3) is 0 Å². The normalized spacial score (nSPS) is 20.6. The highest BCUT2D eigenvalue weighted by atomic mass is 19.2. The highest BCUT2D eigenvalue weighted by Gasteiger charge is 2.20. The van der Waals surface area contributed by atoms with Gasteiger partial charge in [-0.3, -0.25) is 0 Å². The van der Waals surface area contributed by atoms with E-state index in [1.807, 2.05) is 12.1 Å². The molecule has 1 fully saturated rings. The maximum absolute atomic E-state index is 13.1. The minimum absolute atomic E-state index is 0.113. The average molecular weight is 372 g/mol. The summed E-state index contributed by atoms with van der Waals surface area (Å²) < 4.78 is 39.2. The third-order valence-electron chi connectivity index (χ3n) is 5.32.